The van der Waals surface area contributed by atoms with Crippen LogP contribution < -0.4 is 28.3 Å². The average Bonchev–Trinajstić information content (AvgIpc) is 2.70. The third-order valence-electron chi connectivity index (χ3n) is 4.49. The fourth-order valence-electron chi connectivity index (χ4n) is 3.26. The number of hydrogen-bond donors (Lipinski definition) is 0. The van der Waals surface area contributed by atoms with Crippen molar-refractivity contribution in [2.45, 2.75) is 19.6 Å². The van der Waals surface area contributed by atoms with Crippen LogP contribution in [0.15, 0.2) is 103 Å². The van der Waals surface area contributed by atoms with Crippen molar-refractivity contribution in [3.8, 4) is 0 Å². The van der Waals surface area contributed by atoms with Crippen LogP contribution in [0.2, 0.25) is 19.6 Å². The van der Waals surface area contributed by atoms with Crippen molar-refractivity contribution in [3.05, 3.63) is 103 Å². The van der Waals surface area contributed by atoms with Gasteiger partial charge in [-0.05, 0) is 62.1 Å². The van der Waals surface area contributed by atoms with E-state index in [1.165, 1.54) is 15.9 Å². The Hall–Kier alpha value is -1.86. The van der Waals surface area contributed by atoms with Gasteiger partial charge in [0.25, 0.3) is 0 Å². The summed E-state index contributed by atoms with van der Waals surface area (Å²) in [6.45, 7) is 6.64. The Bertz CT molecular complexity index is 765. The number of allylic oxidation sites excluding steroid dienone is 1. The van der Waals surface area contributed by atoms with Crippen molar-refractivity contribution < 1.29 is 16.8 Å². The van der Waals surface area contributed by atoms with Crippen molar-refractivity contribution in [3.63, 3.8) is 0 Å². The van der Waals surface area contributed by atoms with Gasteiger partial charge in [-0.15, -0.1) is 0 Å². The average molecular weight is 427 g/mol. The van der Waals surface area contributed by atoms with Crippen LogP contribution in [0, 0.1) is 0 Å². The first-order chi connectivity index (χ1) is 13.0. The molecule has 0 heterocycles. The summed E-state index contributed by atoms with van der Waals surface area (Å²) >= 11 is 0. The molecule has 0 unspecified atom stereocenters. The summed E-state index contributed by atoms with van der Waals surface area (Å²) in [7, 11) is -3.35. The van der Waals surface area contributed by atoms with Crippen LogP contribution in [0.4, 0.5) is 0 Å². The molecule has 0 aliphatic carbocycles. The Kier molecular flexibility index (Phi) is 8.06. The maximum Gasteiger partial charge on any atom is 0.241 e. The Balaban J connectivity index is 0.00000280. The quantitative estimate of drug-likeness (QED) is 0.320. The van der Waals surface area contributed by atoms with Gasteiger partial charge in [-0.1, -0.05) is 54.6 Å². The molecule has 3 aromatic rings. The highest BCUT2D eigenvalue weighted by atomic mass is 35.5. The summed E-state index contributed by atoms with van der Waals surface area (Å²) in [4.78, 5) is 0. The zero-order valence-electron chi connectivity index (χ0n) is 16.8. The minimum Gasteiger partial charge on any atom is -1.00 e. The SMILES string of the molecule is C[Si](C)(C)O/C=C\C[P+](c1ccccc1)(c1ccccc1)c1ccccc1.[Cl-]. The molecule has 3 aromatic carbocycles. The van der Waals surface area contributed by atoms with Crippen LogP contribution in [-0.2, 0) is 4.43 Å². The largest absolute Gasteiger partial charge is 1.00 e. The van der Waals surface area contributed by atoms with Gasteiger partial charge in [0.05, 0.1) is 12.4 Å². The molecule has 4 heteroatoms. The lowest BCUT2D eigenvalue weighted by Crippen LogP contribution is -3.00. The molecule has 0 saturated carbocycles. The predicted molar refractivity (Wildman–Crippen MR) is 124 cm³/mol. The molecular formula is C24H28ClOPSi. The maximum absolute atomic E-state index is 6.01. The molecule has 0 N–H and O–H groups in total. The fraction of sp³-hybridized carbons (Fsp3) is 0.167. The van der Waals surface area contributed by atoms with Gasteiger partial charge in [-0.3, -0.25) is 0 Å². The molecule has 0 saturated heterocycles. The van der Waals surface area contributed by atoms with Gasteiger partial charge >= 0.3 is 0 Å². The molecule has 0 spiro atoms. The molecule has 146 valence electrons. The van der Waals surface area contributed by atoms with Crippen LogP contribution in [0.1, 0.15) is 0 Å². The topological polar surface area (TPSA) is 9.23 Å². The van der Waals surface area contributed by atoms with Gasteiger partial charge in [0.2, 0.25) is 8.32 Å². The predicted octanol–water partition coefficient (Wildman–Crippen LogP) is 2.35. The molecule has 3 rings (SSSR count). The van der Waals surface area contributed by atoms with E-state index in [0.29, 0.717) is 0 Å². The molecule has 28 heavy (non-hydrogen) atoms. The number of benzene rings is 3. The van der Waals surface area contributed by atoms with E-state index in [1.54, 1.807) is 0 Å². The number of halogens is 1. The van der Waals surface area contributed by atoms with Crippen molar-refractivity contribution in [1.29, 1.82) is 0 Å². The Morgan fingerprint density at radius 1 is 0.679 bits per heavy atom. The molecule has 0 aliphatic heterocycles. The first-order valence-electron chi connectivity index (χ1n) is 9.40. The molecule has 0 fully saturated rings. The second kappa shape index (κ2) is 10.1. The Morgan fingerprint density at radius 2 is 1.04 bits per heavy atom. The zero-order valence-corrected chi connectivity index (χ0v) is 19.4. The van der Waals surface area contributed by atoms with Crippen LogP contribution in [0.3, 0.4) is 0 Å². The van der Waals surface area contributed by atoms with Crippen LogP contribution >= 0.6 is 7.26 Å². The normalized spacial score (nSPS) is 11.8. The molecule has 0 bridgehead atoms. The van der Waals surface area contributed by atoms with Crippen molar-refractivity contribution >= 4 is 31.5 Å². The van der Waals surface area contributed by atoms with Crippen LogP contribution in [0.5, 0.6) is 0 Å². The lowest BCUT2D eigenvalue weighted by molar-refractivity contribution is -0.00000638. The summed E-state index contributed by atoms with van der Waals surface area (Å²) in [6.07, 6.45) is 5.13. The summed E-state index contributed by atoms with van der Waals surface area (Å²) in [5.74, 6) is 0. The lowest BCUT2D eigenvalue weighted by Gasteiger charge is -2.26. The highest BCUT2D eigenvalue weighted by Crippen LogP contribution is 2.55. The standard InChI is InChI=1S/C24H28OPSi.ClH/c1-27(2,3)25-20-13-21-26(22-14-7-4-8-15-22,23-16-9-5-10-17-23)24-18-11-6-12-19-24;/h4-20H,21H2,1-3H3;1H/q+1;/p-1/b20-13-;. The zero-order chi connectivity index (χ0) is 19.2. The van der Waals surface area contributed by atoms with E-state index in [1.807, 2.05) is 6.26 Å². The third-order valence-corrected chi connectivity index (χ3v) is 9.63. The van der Waals surface area contributed by atoms with Gasteiger partial charge in [0.15, 0.2) is 0 Å². The minimum absolute atomic E-state index is 0. The lowest BCUT2D eigenvalue weighted by atomic mass is 10.4. The molecule has 0 aliphatic rings. The van der Waals surface area contributed by atoms with Gasteiger partial charge in [0, 0.05) is 0 Å². The minimum atomic E-state index is -1.79. The van der Waals surface area contributed by atoms with E-state index in [9.17, 15) is 0 Å². The van der Waals surface area contributed by atoms with Gasteiger partial charge < -0.3 is 16.8 Å². The summed E-state index contributed by atoms with van der Waals surface area (Å²) in [5, 5.41) is 4.21. The van der Waals surface area contributed by atoms with E-state index in [-0.39, 0.29) is 12.4 Å². The molecular weight excluding hydrogens is 399 g/mol. The van der Waals surface area contributed by atoms with E-state index in [2.05, 4.69) is 117 Å². The Morgan fingerprint density at radius 3 is 1.36 bits per heavy atom. The first-order valence-corrected chi connectivity index (χ1v) is 14.8. The molecule has 1 nitrogen and oxygen atoms in total. The first kappa shape index (κ1) is 22.4. The summed E-state index contributed by atoms with van der Waals surface area (Å²) in [5.41, 5.74) is 0. The number of rotatable bonds is 7. The highest BCUT2D eigenvalue weighted by Gasteiger charge is 2.44. The van der Waals surface area contributed by atoms with Crippen molar-refractivity contribution in [2.75, 3.05) is 6.16 Å². The van der Waals surface area contributed by atoms with Crippen molar-refractivity contribution in [2.24, 2.45) is 0 Å². The highest BCUT2D eigenvalue weighted by molar-refractivity contribution is 7.95. The van der Waals surface area contributed by atoms with Gasteiger partial charge in [0.1, 0.15) is 23.2 Å². The van der Waals surface area contributed by atoms with Gasteiger partial charge in [-0.25, -0.2) is 0 Å². The smallest absolute Gasteiger partial charge is 0.241 e. The summed E-state index contributed by atoms with van der Waals surface area (Å²) < 4.78 is 6.01. The maximum atomic E-state index is 6.01. The van der Waals surface area contributed by atoms with Crippen LogP contribution in [0.25, 0.3) is 0 Å². The second-order valence-corrected chi connectivity index (χ2v) is 15.6. The molecule has 0 atom stereocenters. The number of hydrogen-bond acceptors (Lipinski definition) is 1. The van der Waals surface area contributed by atoms with E-state index < -0.39 is 15.6 Å². The second-order valence-electron chi connectivity index (χ2n) is 7.60. The van der Waals surface area contributed by atoms with E-state index in [4.69, 9.17) is 4.43 Å². The van der Waals surface area contributed by atoms with Crippen molar-refractivity contribution in [1.82, 2.24) is 0 Å². The third kappa shape index (κ3) is 5.35. The van der Waals surface area contributed by atoms with E-state index >= 15 is 0 Å². The Labute approximate surface area is 177 Å². The van der Waals surface area contributed by atoms with Gasteiger partial charge in [-0.2, -0.15) is 0 Å². The molecule has 0 radical (unpaired) electrons. The van der Waals surface area contributed by atoms with E-state index in [0.717, 1.165) is 6.16 Å². The summed E-state index contributed by atoms with van der Waals surface area (Å²) in [6, 6.07) is 32.9. The molecule has 0 amide bonds. The molecule has 0 aromatic heterocycles. The monoisotopic (exact) mass is 426 g/mol. The fourth-order valence-corrected chi connectivity index (χ4v) is 7.74. The van der Waals surface area contributed by atoms with Crippen LogP contribution in [-0.4, -0.2) is 14.5 Å².